The third kappa shape index (κ3) is 5.43. The van der Waals surface area contributed by atoms with Crippen LogP contribution < -0.4 is 10.9 Å². The molecule has 1 N–H and O–H groups in total. The molecule has 0 aliphatic carbocycles. The Morgan fingerprint density at radius 1 is 1.19 bits per heavy atom. The fraction of sp³-hybridized carbons (Fsp3) is 0.318. The van der Waals surface area contributed by atoms with Gasteiger partial charge in [-0.25, -0.2) is 4.98 Å². The van der Waals surface area contributed by atoms with Crippen molar-refractivity contribution in [1.29, 1.82) is 0 Å². The van der Waals surface area contributed by atoms with Gasteiger partial charge in [0.05, 0.1) is 28.7 Å². The predicted octanol–water partition coefficient (Wildman–Crippen LogP) is 2.38. The molecule has 31 heavy (non-hydrogen) atoms. The monoisotopic (exact) mass is 441 g/mol. The van der Waals surface area contributed by atoms with Crippen LogP contribution in [0.1, 0.15) is 40.6 Å². The van der Waals surface area contributed by atoms with E-state index >= 15 is 0 Å². The first-order chi connectivity index (χ1) is 14.8. The zero-order valence-corrected chi connectivity index (χ0v) is 18.3. The van der Waals surface area contributed by atoms with Crippen LogP contribution in [-0.2, 0) is 34.3 Å². The fourth-order valence-electron chi connectivity index (χ4n) is 3.03. The zero-order chi connectivity index (χ0) is 22.5. The largest absolute Gasteiger partial charge is 0.454 e. The lowest BCUT2D eigenvalue weighted by molar-refractivity contribution is -0.146. The Morgan fingerprint density at radius 2 is 1.94 bits per heavy atom. The maximum atomic E-state index is 12.5. The summed E-state index contributed by atoms with van der Waals surface area (Å²) in [5, 5.41) is 3.19. The van der Waals surface area contributed by atoms with Crippen molar-refractivity contribution in [1.82, 2.24) is 14.9 Å². The molecule has 0 saturated heterocycles. The highest BCUT2D eigenvalue weighted by atomic mass is 32.1. The number of hydrogen-bond acceptors (Lipinski definition) is 7. The number of fused-ring (bicyclic) bond motifs is 1. The molecule has 0 aliphatic rings. The smallest absolute Gasteiger partial charge is 0.306 e. The SMILES string of the molecule is CC(=O)NCc1ccc(C(=O)C(C)OC(=O)CCc2nc3ccccc3c(=O)n2C)s1. The first-order valence-corrected chi connectivity index (χ1v) is 10.6. The number of rotatable bonds is 8. The summed E-state index contributed by atoms with van der Waals surface area (Å²) in [6, 6.07) is 10.4. The van der Waals surface area contributed by atoms with Crippen LogP contribution in [0, 0.1) is 0 Å². The molecule has 2 aromatic heterocycles. The second-order valence-corrected chi connectivity index (χ2v) is 8.25. The Kier molecular flexibility index (Phi) is 6.96. The molecule has 1 amide bonds. The van der Waals surface area contributed by atoms with Crippen molar-refractivity contribution in [2.24, 2.45) is 7.05 Å². The van der Waals surface area contributed by atoms with Gasteiger partial charge in [-0.1, -0.05) is 12.1 Å². The summed E-state index contributed by atoms with van der Waals surface area (Å²) < 4.78 is 6.71. The van der Waals surface area contributed by atoms with Gasteiger partial charge >= 0.3 is 5.97 Å². The quantitative estimate of drug-likeness (QED) is 0.425. The number of thiophene rings is 1. The van der Waals surface area contributed by atoms with Crippen LogP contribution in [0.5, 0.6) is 0 Å². The summed E-state index contributed by atoms with van der Waals surface area (Å²) >= 11 is 1.25. The Balaban J connectivity index is 1.59. The van der Waals surface area contributed by atoms with Crippen molar-refractivity contribution < 1.29 is 19.1 Å². The van der Waals surface area contributed by atoms with Gasteiger partial charge in [-0.15, -0.1) is 11.3 Å². The summed E-state index contributed by atoms with van der Waals surface area (Å²) in [7, 11) is 1.62. The van der Waals surface area contributed by atoms with Gasteiger partial charge in [0, 0.05) is 25.3 Å². The molecule has 0 radical (unpaired) electrons. The average Bonchev–Trinajstić information content (AvgIpc) is 3.22. The molecule has 0 aliphatic heterocycles. The van der Waals surface area contributed by atoms with Gasteiger partial charge < -0.3 is 10.1 Å². The maximum Gasteiger partial charge on any atom is 0.306 e. The summed E-state index contributed by atoms with van der Waals surface area (Å²) in [5.41, 5.74) is 0.399. The number of para-hydroxylation sites is 1. The molecule has 0 spiro atoms. The minimum atomic E-state index is -0.937. The fourth-order valence-corrected chi connectivity index (χ4v) is 3.99. The van der Waals surface area contributed by atoms with E-state index in [0.29, 0.717) is 28.1 Å². The number of hydrogen-bond donors (Lipinski definition) is 1. The molecule has 0 saturated carbocycles. The lowest BCUT2D eigenvalue weighted by Crippen LogP contribution is -2.25. The van der Waals surface area contributed by atoms with Gasteiger partial charge in [-0.2, -0.15) is 0 Å². The van der Waals surface area contributed by atoms with Gasteiger partial charge in [0.15, 0.2) is 6.10 Å². The first-order valence-electron chi connectivity index (χ1n) is 9.77. The first kappa shape index (κ1) is 22.4. The highest BCUT2D eigenvalue weighted by molar-refractivity contribution is 7.14. The van der Waals surface area contributed by atoms with Crippen molar-refractivity contribution in [3.8, 4) is 0 Å². The van der Waals surface area contributed by atoms with Crippen LogP contribution in [0.15, 0.2) is 41.2 Å². The number of benzene rings is 1. The minimum absolute atomic E-state index is 0.00549. The number of amides is 1. The van der Waals surface area contributed by atoms with E-state index < -0.39 is 12.1 Å². The van der Waals surface area contributed by atoms with E-state index in [-0.39, 0.29) is 30.1 Å². The Hall–Kier alpha value is -3.33. The average molecular weight is 442 g/mol. The molecule has 2 heterocycles. The number of ketones is 1. The van der Waals surface area contributed by atoms with Gasteiger partial charge in [0.2, 0.25) is 11.7 Å². The van der Waals surface area contributed by atoms with Crippen molar-refractivity contribution >= 4 is 39.9 Å². The Labute approximate surface area is 182 Å². The van der Waals surface area contributed by atoms with Crippen LogP contribution >= 0.6 is 11.3 Å². The number of nitrogens with one attached hydrogen (secondary N) is 1. The van der Waals surface area contributed by atoms with Gasteiger partial charge in [0.1, 0.15) is 5.82 Å². The van der Waals surface area contributed by atoms with E-state index in [2.05, 4.69) is 10.3 Å². The summed E-state index contributed by atoms with van der Waals surface area (Å²) in [6.07, 6.45) is -0.724. The summed E-state index contributed by atoms with van der Waals surface area (Å²) in [5.74, 6) is -0.524. The normalized spacial score (nSPS) is 11.8. The van der Waals surface area contributed by atoms with E-state index in [0.717, 1.165) is 4.88 Å². The van der Waals surface area contributed by atoms with Crippen molar-refractivity contribution in [2.45, 2.75) is 39.3 Å². The molecule has 1 aromatic carbocycles. The molecule has 162 valence electrons. The second-order valence-electron chi connectivity index (χ2n) is 7.08. The van der Waals surface area contributed by atoms with Crippen molar-refractivity contribution in [3.05, 3.63) is 62.3 Å². The number of aryl methyl sites for hydroxylation is 1. The highest BCUT2D eigenvalue weighted by Gasteiger charge is 2.21. The summed E-state index contributed by atoms with van der Waals surface area (Å²) in [4.78, 5) is 54.0. The standard InChI is InChI=1S/C22H23N3O5S/c1-13(21(28)18-9-8-15(31-18)12-23-14(2)26)30-20(27)11-10-19-24-17-7-5-4-6-16(17)22(29)25(19)3/h4-9,13H,10-12H2,1-3H3,(H,23,26). The summed E-state index contributed by atoms with van der Waals surface area (Å²) in [6.45, 7) is 3.29. The molecular formula is C22H23N3O5S. The van der Waals surface area contributed by atoms with Crippen molar-refractivity contribution in [2.75, 3.05) is 0 Å². The van der Waals surface area contributed by atoms with E-state index in [1.54, 1.807) is 43.4 Å². The van der Waals surface area contributed by atoms with Crippen LogP contribution in [0.4, 0.5) is 0 Å². The number of aromatic nitrogens is 2. The number of nitrogens with zero attached hydrogens (tertiary/aromatic N) is 2. The highest BCUT2D eigenvalue weighted by Crippen LogP contribution is 2.19. The van der Waals surface area contributed by atoms with Crippen LogP contribution in [0.25, 0.3) is 10.9 Å². The maximum absolute atomic E-state index is 12.5. The van der Waals surface area contributed by atoms with E-state index in [1.165, 1.54) is 29.8 Å². The predicted molar refractivity (Wildman–Crippen MR) is 117 cm³/mol. The van der Waals surface area contributed by atoms with Gasteiger partial charge in [-0.3, -0.25) is 23.7 Å². The Morgan fingerprint density at radius 3 is 2.68 bits per heavy atom. The Bertz CT molecular complexity index is 1200. The number of Topliss-reactive ketones (excluding diaryl/α,β-unsaturated/α-hetero) is 1. The molecule has 3 aromatic rings. The number of carbonyl (C=O) groups is 3. The van der Waals surface area contributed by atoms with Gasteiger partial charge in [0.25, 0.3) is 5.56 Å². The molecule has 8 nitrogen and oxygen atoms in total. The molecule has 1 atom stereocenters. The number of ether oxygens (including phenoxy) is 1. The minimum Gasteiger partial charge on any atom is -0.454 e. The third-order valence-electron chi connectivity index (χ3n) is 4.72. The van der Waals surface area contributed by atoms with Crippen LogP contribution in [0.3, 0.4) is 0 Å². The van der Waals surface area contributed by atoms with E-state index in [9.17, 15) is 19.2 Å². The van der Waals surface area contributed by atoms with Crippen LogP contribution in [-0.4, -0.2) is 33.3 Å². The molecule has 3 rings (SSSR count). The lowest BCUT2D eigenvalue weighted by Gasteiger charge is -2.12. The topological polar surface area (TPSA) is 107 Å². The van der Waals surface area contributed by atoms with Gasteiger partial charge in [-0.05, 0) is 31.2 Å². The zero-order valence-electron chi connectivity index (χ0n) is 17.5. The molecular weight excluding hydrogens is 418 g/mol. The molecule has 0 fully saturated rings. The third-order valence-corrected chi connectivity index (χ3v) is 5.82. The second kappa shape index (κ2) is 9.65. The number of esters is 1. The van der Waals surface area contributed by atoms with E-state index in [1.807, 2.05) is 0 Å². The van der Waals surface area contributed by atoms with Crippen LogP contribution in [0.2, 0.25) is 0 Å². The molecule has 9 heteroatoms. The van der Waals surface area contributed by atoms with E-state index in [4.69, 9.17) is 4.74 Å². The lowest BCUT2D eigenvalue weighted by atomic mass is 10.2. The number of carbonyl (C=O) groups excluding carboxylic acids is 3. The molecule has 0 bridgehead atoms. The molecule has 1 unspecified atom stereocenters. The van der Waals surface area contributed by atoms with Crippen molar-refractivity contribution in [3.63, 3.8) is 0 Å².